The lowest BCUT2D eigenvalue weighted by molar-refractivity contribution is -0.208. The molecule has 0 unspecified atom stereocenters. The van der Waals surface area contributed by atoms with E-state index < -0.39 is 12.8 Å². The van der Waals surface area contributed by atoms with Gasteiger partial charge in [-0.2, -0.15) is 8.78 Å². The first kappa shape index (κ1) is 5.75. The Balaban J connectivity index is 3.17. The second-order valence-corrected chi connectivity index (χ2v) is 0.799. The highest BCUT2D eigenvalue weighted by molar-refractivity contribution is 4.38. The first-order valence-electron chi connectivity index (χ1n) is 1.22. The van der Waals surface area contributed by atoms with Gasteiger partial charge in [0.15, 0.2) is 6.67 Å². The Morgan fingerprint density at radius 1 is 1.50 bits per heavy atom. The zero-order chi connectivity index (χ0) is 5.21. The molecule has 0 saturated heterocycles. The molecule has 0 aliphatic carbocycles. The van der Waals surface area contributed by atoms with Crippen LogP contribution in [0.2, 0.25) is 0 Å². The van der Waals surface area contributed by atoms with Crippen LogP contribution in [0.5, 0.6) is 0 Å². The SMILES string of the molecule is OC(F)(F)CF. The summed E-state index contributed by atoms with van der Waals surface area (Å²) in [6.07, 6.45) is -4.12. The molecule has 0 aromatic heterocycles. The van der Waals surface area contributed by atoms with E-state index in [1.165, 1.54) is 0 Å². The minimum atomic E-state index is -4.12. The highest BCUT2D eigenvalue weighted by Gasteiger charge is 2.22. The monoisotopic (exact) mass is 100 g/mol. The molecule has 0 rings (SSSR count). The van der Waals surface area contributed by atoms with Gasteiger partial charge in [0.25, 0.3) is 0 Å². The summed E-state index contributed by atoms with van der Waals surface area (Å²) in [5.74, 6) is 0. The molecule has 38 valence electrons. The molecule has 0 aromatic rings. The first-order chi connectivity index (χ1) is 2.56. The Bertz CT molecular complexity index is 38.5. The Morgan fingerprint density at radius 3 is 1.67 bits per heavy atom. The predicted octanol–water partition coefficient (Wildman–Crippen LogP) is 0.541. The van der Waals surface area contributed by atoms with Crippen molar-refractivity contribution in [2.24, 2.45) is 0 Å². The van der Waals surface area contributed by atoms with Crippen LogP contribution in [-0.2, 0) is 0 Å². The minimum Gasteiger partial charge on any atom is -0.334 e. The smallest absolute Gasteiger partial charge is 0.334 e. The molecule has 0 radical (unpaired) electrons. The molecular formula is C2H3F3O. The van der Waals surface area contributed by atoms with Crippen molar-refractivity contribution in [2.75, 3.05) is 6.67 Å². The van der Waals surface area contributed by atoms with Gasteiger partial charge < -0.3 is 5.11 Å². The van der Waals surface area contributed by atoms with E-state index in [-0.39, 0.29) is 0 Å². The number of rotatable bonds is 1. The van der Waals surface area contributed by atoms with Gasteiger partial charge >= 0.3 is 6.11 Å². The summed E-state index contributed by atoms with van der Waals surface area (Å²) in [7, 11) is 0. The van der Waals surface area contributed by atoms with Gasteiger partial charge in [-0.25, -0.2) is 4.39 Å². The van der Waals surface area contributed by atoms with E-state index in [4.69, 9.17) is 5.11 Å². The van der Waals surface area contributed by atoms with Gasteiger partial charge in [-0.15, -0.1) is 0 Å². The van der Waals surface area contributed by atoms with Crippen LogP contribution in [0.1, 0.15) is 0 Å². The van der Waals surface area contributed by atoms with E-state index >= 15 is 0 Å². The van der Waals surface area contributed by atoms with Crippen molar-refractivity contribution >= 4 is 0 Å². The fraction of sp³-hybridized carbons (Fsp3) is 1.00. The molecule has 0 aliphatic rings. The van der Waals surface area contributed by atoms with Gasteiger partial charge in [-0.1, -0.05) is 0 Å². The molecule has 0 spiro atoms. The summed E-state index contributed by atoms with van der Waals surface area (Å²) in [5, 5.41) is 7.12. The lowest BCUT2D eigenvalue weighted by atomic mass is 10.7. The minimum absolute atomic E-state index is 2.01. The summed E-state index contributed by atoms with van der Waals surface area (Å²) in [5.41, 5.74) is 0. The quantitative estimate of drug-likeness (QED) is 0.509. The van der Waals surface area contributed by atoms with Crippen LogP contribution in [0.4, 0.5) is 13.2 Å². The van der Waals surface area contributed by atoms with Gasteiger partial charge in [0.2, 0.25) is 0 Å². The molecule has 0 aliphatic heterocycles. The predicted molar refractivity (Wildman–Crippen MR) is 13.1 cm³/mol. The Labute approximate surface area is 32.4 Å². The molecule has 0 saturated carbocycles. The maximum Gasteiger partial charge on any atom is 0.381 e. The van der Waals surface area contributed by atoms with E-state index in [1.807, 2.05) is 0 Å². The van der Waals surface area contributed by atoms with Crippen LogP contribution in [-0.4, -0.2) is 17.9 Å². The third kappa shape index (κ3) is 3.75. The van der Waals surface area contributed by atoms with Crippen molar-refractivity contribution in [2.45, 2.75) is 6.11 Å². The Hall–Kier alpha value is -0.250. The topological polar surface area (TPSA) is 20.2 Å². The lowest BCUT2D eigenvalue weighted by Crippen LogP contribution is -2.15. The third-order valence-corrected chi connectivity index (χ3v) is 0.161. The maximum absolute atomic E-state index is 10.6. The van der Waals surface area contributed by atoms with Crippen LogP contribution >= 0.6 is 0 Å². The zero-order valence-corrected chi connectivity index (χ0v) is 2.79. The number of hydrogen-bond donors (Lipinski definition) is 1. The molecule has 0 aromatic carbocycles. The molecule has 4 heteroatoms. The second-order valence-electron chi connectivity index (χ2n) is 0.799. The van der Waals surface area contributed by atoms with E-state index in [0.29, 0.717) is 0 Å². The summed E-state index contributed by atoms with van der Waals surface area (Å²) in [6.45, 7) is -2.01. The Morgan fingerprint density at radius 2 is 1.67 bits per heavy atom. The van der Waals surface area contributed by atoms with Crippen LogP contribution < -0.4 is 0 Å². The largest absolute Gasteiger partial charge is 0.381 e. The molecule has 1 N–H and O–H groups in total. The molecule has 0 atom stereocenters. The molecule has 6 heavy (non-hydrogen) atoms. The highest BCUT2D eigenvalue weighted by atomic mass is 19.3. The first-order valence-corrected chi connectivity index (χ1v) is 1.22. The van der Waals surface area contributed by atoms with Gasteiger partial charge in [0.05, 0.1) is 0 Å². The van der Waals surface area contributed by atoms with Gasteiger partial charge in [-0.3, -0.25) is 0 Å². The maximum atomic E-state index is 10.6. The molecule has 0 bridgehead atoms. The zero-order valence-electron chi connectivity index (χ0n) is 2.79. The summed E-state index contributed by atoms with van der Waals surface area (Å²) < 4.78 is 31.8. The lowest BCUT2D eigenvalue weighted by Gasteiger charge is -1.97. The van der Waals surface area contributed by atoms with Crippen LogP contribution in [0, 0.1) is 0 Å². The third-order valence-electron chi connectivity index (χ3n) is 0.161. The highest BCUT2D eigenvalue weighted by Crippen LogP contribution is 2.06. The molecule has 0 fully saturated rings. The van der Waals surface area contributed by atoms with Crippen molar-refractivity contribution in [3.63, 3.8) is 0 Å². The van der Waals surface area contributed by atoms with E-state index in [0.717, 1.165) is 0 Å². The second kappa shape index (κ2) is 1.47. The fourth-order valence-electron chi connectivity index (χ4n) is 0. The number of alkyl halides is 3. The standard InChI is InChI=1S/C2H3F3O/c3-1-2(4,5)6/h6H,1H2. The van der Waals surface area contributed by atoms with Crippen LogP contribution in [0.3, 0.4) is 0 Å². The van der Waals surface area contributed by atoms with Crippen molar-refractivity contribution in [3.8, 4) is 0 Å². The van der Waals surface area contributed by atoms with Crippen LogP contribution in [0.15, 0.2) is 0 Å². The molecule has 0 heterocycles. The van der Waals surface area contributed by atoms with Gasteiger partial charge in [0, 0.05) is 0 Å². The van der Waals surface area contributed by atoms with E-state index in [2.05, 4.69) is 0 Å². The number of hydrogen-bond acceptors (Lipinski definition) is 1. The Kier molecular flexibility index (Phi) is 1.40. The fourth-order valence-corrected chi connectivity index (χ4v) is 0. The molecular weight excluding hydrogens is 97.0 g/mol. The van der Waals surface area contributed by atoms with Crippen molar-refractivity contribution in [3.05, 3.63) is 0 Å². The normalized spacial score (nSPS) is 12.0. The number of aliphatic hydroxyl groups is 1. The average molecular weight is 100 g/mol. The van der Waals surface area contributed by atoms with Gasteiger partial charge in [-0.05, 0) is 0 Å². The summed E-state index contributed by atoms with van der Waals surface area (Å²) in [6, 6.07) is 0. The van der Waals surface area contributed by atoms with E-state index in [1.54, 1.807) is 0 Å². The molecule has 1 nitrogen and oxygen atoms in total. The molecule has 0 amide bonds. The van der Waals surface area contributed by atoms with E-state index in [9.17, 15) is 13.2 Å². The number of halogens is 3. The van der Waals surface area contributed by atoms with Crippen molar-refractivity contribution < 1.29 is 18.3 Å². The van der Waals surface area contributed by atoms with Crippen molar-refractivity contribution in [1.82, 2.24) is 0 Å². The van der Waals surface area contributed by atoms with Crippen LogP contribution in [0.25, 0.3) is 0 Å². The summed E-state index contributed by atoms with van der Waals surface area (Å²) in [4.78, 5) is 0. The summed E-state index contributed by atoms with van der Waals surface area (Å²) >= 11 is 0. The van der Waals surface area contributed by atoms with Gasteiger partial charge in [0.1, 0.15) is 0 Å². The average Bonchev–Trinajstić information content (AvgIpc) is 1.35. The van der Waals surface area contributed by atoms with Crippen molar-refractivity contribution in [1.29, 1.82) is 0 Å².